The molecule has 162 valence electrons. The summed E-state index contributed by atoms with van der Waals surface area (Å²) in [5.41, 5.74) is 3.89. The standard InChI is InChI=1S/C23H32N4O2S/c1-18-21(30-17-25-18)9-11-23(29)27-14-5-6-19(16-27)8-10-22(28)26(2)15-12-20-7-3-4-13-24-20/h3-4,7,13,17,19H,5-6,8-12,14-16H2,1-2H3. The minimum absolute atomic E-state index is 0.176. The van der Waals surface area contributed by atoms with Crippen molar-refractivity contribution in [1.82, 2.24) is 19.8 Å². The molecule has 0 aromatic carbocycles. The molecule has 3 heterocycles. The number of nitrogens with zero attached hydrogens (tertiary/aromatic N) is 4. The van der Waals surface area contributed by atoms with Crippen LogP contribution in [0.25, 0.3) is 0 Å². The number of carbonyl (C=O) groups is 2. The van der Waals surface area contributed by atoms with Crippen molar-refractivity contribution < 1.29 is 9.59 Å². The Balaban J connectivity index is 1.38. The van der Waals surface area contributed by atoms with Crippen LogP contribution in [0, 0.1) is 12.8 Å². The maximum Gasteiger partial charge on any atom is 0.222 e. The zero-order valence-corrected chi connectivity index (χ0v) is 18.9. The van der Waals surface area contributed by atoms with Crippen molar-refractivity contribution in [1.29, 1.82) is 0 Å². The molecule has 0 saturated carbocycles. The lowest BCUT2D eigenvalue weighted by Gasteiger charge is -2.33. The summed E-state index contributed by atoms with van der Waals surface area (Å²) in [6.07, 6.45) is 7.40. The van der Waals surface area contributed by atoms with Crippen molar-refractivity contribution in [3.8, 4) is 0 Å². The van der Waals surface area contributed by atoms with Gasteiger partial charge >= 0.3 is 0 Å². The van der Waals surface area contributed by atoms with Crippen LogP contribution in [0.4, 0.5) is 0 Å². The van der Waals surface area contributed by atoms with Crippen LogP contribution in [0.2, 0.25) is 0 Å². The van der Waals surface area contributed by atoms with E-state index in [1.807, 2.05) is 42.6 Å². The first-order valence-electron chi connectivity index (χ1n) is 10.8. The van der Waals surface area contributed by atoms with Gasteiger partial charge in [-0.2, -0.15) is 0 Å². The summed E-state index contributed by atoms with van der Waals surface area (Å²) >= 11 is 1.63. The fourth-order valence-electron chi connectivity index (χ4n) is 3.94. The third-order valence-electron chi connectivity index (χ3n) is 5.90. The summed E-state index contributed by atoms with van der Waals surface area (Å²) in [6.45, 7) is 4.31. The molecule has 30 heavy (non-hydrogen) atoms. The number of hydrogen-bond acceptors (Lipinski definition) is 5. The second-order valence-electron chi connectivity index (χ2n) is 8.13. The Morgan fingerprint density at radius 1 is 1.23 bits per heavy atom. The van der Waals surface area contributed by atoms with Gasteiger partial charge in [0.15, 0.2) is 0 Å². The minimum Gasteiger partial charge on any atom is -0.345 e. The summed E-state index contributed by atoms with van der Waals surface area (Å²) in [7, 11) is 1.86. The van der Waals surface area contributed by atoms with E-state index < -0.39 is 0 Å². The molecule has 0 bridgehead atoms. The van der Waals surface area contributed by atoms with E-state index in [9.17, 15) is 9.59 Å². The third-order valence-corrected chi connectivity index (χ3v) is 6.90. The van der Waals surface area contributed by atoms with E-state index in [1.54, 1.807) is 22.4 Å². The zero-order chi connectivity index (χ0) is 21.3. The van der Waals surface area contributed by atoms with Crippen molar-refractivity contribution in [2.75, 3.05) is 26.7 Å². The Morgan fingerprint density at radius 3 is 2.83 bits per heavy atom. The molecule has 0 aliphatic carbocycles. The quantitative estimate of drug-likeness (QED) is 0.613. The van der Waals surface area contributed by atoms with Crippen LogP contribution in [0.3, 0.4) is 0 Å². The normalized spacial score (nSPS) is 16.5. The highest BCUT2D eigenvalue weighted by atomic mass is 32.1. The van der Waals surface area contributed by atoms with Crippen molar-refractivity contribution >= 4 is 23.2 Å². The molecule has 1 aliphatic heterocycles. The first kappa shape index (κ1) is 22.4. The van der Waals surface area contributed by atoms with E-state index in [-0.39, 0.29) is 11.8 Å². The monoisotopic (exact) mass is 428 g/mol. The average Bonchev–Trinajstić information content (AvgIpc) is 3.19. The van der Waals surface area contributed by atoms with Gasteiger partial charge in [0.1, 0.15) is 0 Å². The van der Waals surface area contributed by atoms with Gasteiger partial charge < -0.3 is 9.80 Å². The van der Waals surface area contributed by atoms with E-state index in [0.717, 1.165) is 56.6 Å². The molecule has 1 saturated heterocycles. The van der Waals surface area contributed by atoms with Crippen LogP contribution >= 0.6 is 11.3 Å². The van der Waals surface area contributed by atoms with Gasteiger partial charge in [-0.15, -0.1) is 11.3 Å². The molecule has 1 fully saturated rings. The minimum atomic E-state index is 0.176. The number of amides is 2. The molecule has 7 heteroatoms. The van der Waals surface area contributed by atoms with Crippen LogP contribution in [0.1, 0.15) is 48.4 Å². The molecule has 2 aromatic rings. The van der Waals surface area contributed by atoms with E-state index in [1.165, 1.54) is 4.88 Å². The lowest BCUT2D eigenvalue weighted by molar-refractivity contribution is -0.133. The molecule has 6 nitrogen and oxygen atoms in total. The Hall–Kier alpha value is -2.28. The van der Waals surface area contributed by atoms with Gasteiger partial charge in [0.05, 0.1) is 11.2 Å². The van der Waals surface area contributed by atoms with Crippen molar-refractivity contribution in [3.63, 3.8) is 0 Å². The summed E-state index contributed by atoms with van der Waals surface area (Å²) in [4.78, 5) is 38.7. The highest BCUT2D eigenvalue weighted by Crippen LogP contribution is 2.23. The van der Waals surface area contributed by atoms with Crippen molar-refractivity contribution in [2.24, 2.45) is 5.92 Å². The summed E-state index contributed by atoms with van der Waals surface area (Å²) in [5.74, 6) is 0.822. The second-order valence-corrected chi connectivity index (χ2v) is 9.07. The highest BCUT2D eigenvalue weighted by molar-refractivity contribution is 7.09. The largest absolute Gasteiger partial charge is 0.345 e. The van der Waals surface area contributed by atoms with Gasteiger partial charge in [0.2, 0.25) is 11.8 Å². The summed E-state index contributed by atoms with van der Waals surface area (Å²) in [6, 6.07) is 5.86. The fraction of sp³-hybridized carbons (Fsp3) is 0.565. The maximum atomic E-state index is 12.6. The first-order chi connectivity index (χ1) is 14.5. The number of pyridine rings is 1. The number of thiazole rings is 1. The van der Waals surface area contributed by atoms with Crippen LogP contribution in [-0.4, -0.2) is 58.3 Å². The lowest BCUT2D eigenvalue weighted by atomic mass is 9.93. The molecule has 0 spiro atoms. The predicted molar refractivity (Wildman–Crippen MR) is 119 cm³/mol. The first-order valence-corrected chi connectivity index (χ1v) is 11.7. The SMILES string of the molecule is Cc1ncsc1CCC(=O)N1CCCC(CCC(=O)N(C)CCc2ccccn2)C1. The molecular formula is C23H32N4O2S. The smallest absolute Gasteiger partial charge is 0.222 e. The average molecular weight is 429 g/mol. The van der Waals surface area contributed by atoms with Gasteiger partial charge in [0.25, 0.3) is 0 Å². The molecule has 1 atom stereocenters. The van der Waals surface area contributed by atoms with Crippen LogP contribution in [0.5, 0.6) is 0 Å². The topological polar surface area (TPSA) is 66.4 Å². The number of piperidine rings is 1. The van der Waals surface area contributed by atoms with E-state index >= 15 is 0 Å². The van der Waals surface area contributed by atoms with E-state index in [4.69, 9.17) is 0 Å². The number of carbonyl (C=O) groups excluding carboxylic acids is 2. The Kier molecular flexibility index (Phi) is 8.37. The third kappa shape index (κ3) is 6.62. The highest BCUT2D eigenvalue weighted by Gasteiger charge is 2.24. The summed E-state index contributed by atoms with van der Waals surface area (Å²) in [5, 5.41) is 0. The molecule has 2 aromatic heterocycles. The molecular weight excluding hydrogens is 396 g/mol. The molecule has 0 radical (unpaired) electrons. The number of aromatic nitrogens is 2. The number of likely N-dealkylation sites (tertiary alicyclic amines) is 1. The fourth-order valence-corrected chi connectivity index (χ4v) is 4.72. The van der Waals surface area contributed by atoms with Gasteiger partial charge in [-0.05, 0) is 50.7 Å². The van der Waals surface area contributed by atoms with Gasteiger partial charge in [0, 0.05) is 62.7 Å². The Bertz CT molecular complexity index is 824. The Labute approximate surface area is 183 Å². The van der Waals surface area contributed by atoms with Crippen LogP contribution in [-0.2, 0) is 22.4 Å². The molecule has 2 amide bonds. The van der Waals surface area contributed by atoms with E-state index in [2.05, 4.69) is 9.97 Å². The molecule has 1 unspecified atom stereocenters. The Morgan fingerprint density at radius 2 is 2.10 bits per heavy atom. The predicted octanol–water partition coefficient (Wildman–Crippen LogP) is 3.50. The number of rotatable bonds is 9. The maximum absolute atomic E-state index is 12.6. The van der Waals surface area contributed by atoms with Crippen LogP contribution in [0.15, 0.2) is 29.9 Å². The number of likely N-dealkylation sites (N-methyl/N-ethyl adjacent to an activating group) is 1. The second kappa shape index (κ2) is 11.2. The zero-order valence-electron chi connectivity index (χ0n) is 18.0. The van der Waals surface area contributed by atoms with Crippen molar-refractivity contribution in [3.05, 3.63) is 46.2 Å². The van der Waals surface area contributed by atoms with Crippen LogP contribution < -0.4 is 0 Å². The lowest BCUT2D eigenvalue weighted by Crippen LogP contribution is -2.40. The van der Waals surface area contributed by atoms with E-state index in [0.29, 0.717) is 25.3 Å². The molecule has 0 N–H and O–H groups in total. The molecule has 1 aliphatic rings. The van der Waals surface area contributed by atoms with Gasteiger partial charge in [-0.1, -0.05) is 6.07 Å². The van der Waals surface area contributed by atoms with Gasteiger partial charge in [-0.3, -0.25) is 14.6 Å². The summed E-state index contributed by atoms with van der Waals surface area (Å²) < 4.78 is 0. The number of aryl methyl sites for hydroxylation is 2. The van der Waals surface area contributed by atoms with Gasteiger partial charge in [-0.25, -0.2) is 4.98 Å². The number of hydrogen-bond donors (Lipinski definition) is 0. The van der Waals surface area contributed by atoms with Crippen molar-refractivity contribution in [2.45, 2.75) is 51.9 Å². The molecule has 3 rings (SSSR count).